The molecular formula is C18H26N2O5S. The maximum absolute atomic E-state index is 12.5. The summed E-state index contributed by atoms with van der Waals surface area (Å²) < 4.78 is 37.0. The van der Waals surface area contributed by atoms with Crippen molar-refractivity contribution in [1.82, 2.24) is 4.72 Å². The molecule has 26 heavy (non-hydrogen) atoms. The molecule has 1 fully saturated rings. The zero-order valence-corrected chi connectivity index (χ0v) is 16.2. The molecule has 2 aliphatic rings. The van der Waals surface area contributed by atoms with Crippen molar-refractivity contribution in [2.45, 2.75) is 57.2 Å². The molecule has 1 amide bonds. The summed E-state index contributed by atoms with van der Waals surface area (Å²) in [6, 6.07) is 5.21. The quantitative estimate of drug-likeness (QED) is 0.835. The first-order chi connectivity index (χ1) is 12.2. The van der Waals surface area contributed by atoms with Crippen LogP contribution in [0.5, 0.6) is 11.5 Å². The molecule has 8 heteroatoms. The van der Waals surface area contributed by atoms with Gasteiger partial charge in [0.1, 0.15) is 0 Å². The topological polar surface area (TPSA) is 93.7 Å². The maximum Gasteiger partial charge on any atom is 0.231 e. The molecule has 0 unspecified atom stereocenters. The van der Waals surface area contributed by atoms with E-state index in [1.54, 1.807) is 39.0 Å². The summed E-state index contributed by atoms with van der Waals surface area (Å²) in [4.78, 5) is 12.5. The third-order valence-electron chi connectivity index (χ3n) is 4.87. The number of carbonyl (C=O) groups excluding carboxylic acids is 1. The highest BCUT2D eigenvalue weighted by molar-refractivity contribution is 7.90. The van der Waals surface area contributed by atoms with Crippen molar-refractivity contribution in [3.63, 3.8) is 0 Å². The molecule has 2 N–H and O–H groups in total. The molecule has 144 valence electrons. The Labute approximate surface area is 154 Å². The van der Waals surface area contributed by atoms with Crippen molar-refractivity contribution in [3.8, 4) is 11.5 Å². The van der Waals surface area contributed by atoms with Gasteiger partial charge in [-0.2, -0.15) is 0 Å². The summed E-state index contributed by atoms with van der Waals surface area (Å²) in [5.74, 6) is 1.15. The van der Waals surface area contributed by atoms with Gasteiger partial charge in [-0.3, -0.25) is 4.79 Å². The Kier molecular flexibility index (Phi) is 5.16. The third kappa shape index (κ3) is 4.12. The van der Waals surface area contributed by atoms with E-state index in [1.807, 2.05) is 0 Å². The van der Waals surface area contributed by atoms with Crippen LogP contribution in [0.3, 0.4) is 0 Å². The van der Waals surface area contributed by atoms with E-state index in [0.29, 0.717) is 42.9 Å². The fourth-order valence-electron chi connectivity index (χ4n) is 3.09. The van der Waals surface area contributed by atoms with Gasteiger partial charge in [0.25, 0.3) is 0 Å². The Morgan fingerprint density at radius 2 is 1.73 bits per heavy atom. The highest BCUT2D eigenvalue weighted by atomic mass is 32.2. The molecule has 0 aromatic heterocycles. The second kappa shape index (κ2) is 7.08. The number of hydrogen-bond acceptors (Lipinski definition) is 5. The lowest BCUT2D eigenvalue weighted by atomic mass is 9.86. The number of benzene rings is 1. The average Bonchev–Trinajstić information content (AvgIpc) is 3.01. The van der Waals surface area contributed by atoms with Crippen LogP contribution in [0.4, 0.5) is 5.69 Å². The van der Waals surface area contributed by atoms with Crippen molar-refractivity contribution in [3.05, 3.63) is 18.2 Å². The number of fused-ring (bicyclic) bond motifs is 1. The second-order valence-corrected chi connectivity index (χ2v) is 10.3. The molecule has 3 rings (SSSR count). The zero-order valence-electron chi connectivity index (χ0n) is 15.4. The van der Waals surface area contributed by atoms with Gasteiger partial charge in [0.2, 0.25) is 22.7 Å². The van der Waals surface area contributed by atoms with Crippen LogP contribution in [-0.4, -0.2) is 31.9 Å². The van der Waals surface area contributed by atoms with E-state index in [1.165, 1.54) is 0 Å². The molecule has 7 nitrogen and oxygen atoms in total. The largest absolute Gasteiger partial charge is 0.454 e. The summed E-state index contributed by atoms with van der Waals surface area (Å²) in [7, 11) is -3.37. The van der Waals surface area contributed by atoms with Gasteiger partial charge in [0.15, 0.2) is 11.5 Å². The van der Waals surface area contributed by atoms with Crippen molar-refractivity contribution in [2.75, 3.05) is 12.1 Å². The van der Waals surface area contributed by atoms with Gasteiger partial charge in [-0.25, -0.2) is 13.1 Å². The van der Waals surface area contributed by atoms with E-state index >= 15 is 0 Å². The number of carbonyl (C=O) groups is 1. The number of rotatable bonds is 4. The number of nitrogens with one attached hydrogen (secondary N) is 2. The fraction of sp³-hybridized carbons (Fsp3) is 0.611. The minimum absolute atomic E-state index is 0.0407. The minimum atomic E-state index is -3.37. The summed E-state index contributed by atoms with van der Waals surface area (Å²) in [6.45, 7) is 5.24. The third-order valence-corrected chi connectivity index (χ3v) is 7.12. The molecule has 0 atom stereocenters. The van der Waals surface area contributed by atoms with Crippen molar-refractivity contribution in [1.29, 1.82) is 0 Å². The lowest BCUT2D eigenvalue weighted by Gasteiger charge is -2.30. The van der Waals surface area contributed by atoms with Crippen molar-refractivity contribution in [2.24, 2.45) is 5.92 Å². The number of amides is 1. The lowest BCUT2D eigenvalue weighted by Crippen LogP contribution is -2.46. The molecule has 0 radical (unpaired) electrons. The molecule has 0 spiro atoms. The van der Waals surface area contributed by atoms with E-state index < -0.39 is 14.8 Å². The van der Waals surface area contributed by atoms with Crippen LogP contribution >= 0.6 is 0 Å². The Morgan fingerprint density at radius 1 is 1.08 bits per heavy atom. The van der Waals surface area contributed by atoms with Crippen LogP contribution in [0, 0.1) is 5.92 Å². The SMILES string of the molecule is CC(C)(C)S(=O)(=O)N[C@H]1CC[C@H](C(=O)Nc2ccc3c(c2)OCO3)CC1. The van der Waals surface area contributed by atoms with Gasteiger partial charge in [-0.15, -0.1) is 0 Å². The van der Waals surface area contributed by atoms with Crippen LogP contribution in [0.1, 0.15) is 46.5 Å². The molecular weight excluding hydrogens is 356 g/mol. The molecule has 1 aromatic carbocycles. The first-order valence-corrected chi connectivity index (χ1v) is 10.4. The number of hydrogen-bond donors (Lipinski definition) is 2. The van der Waals surface area contributed by atoms with Crippen LogP contribution in [0.15, 0.2) is 18.2 Å². The predicted octanol–water partition coefficient (Wildman–Crippen LogP) is 2.63. The number of anilines is 1. The Bertz CT molecular complexity index is 777. The molecule has 1 saturated carbocycles. The summed E-state index contributed by atoms with van der Waals surface area (Å²) in [6.07, 6.45) is 2.64. The zero-order chi connectivity index (χ0) is 18.9. The Morgan fingerprint density at radius 3 is 2.38 bits per heavy atom. The maximum atomic E-state index is 12.5. The van der Waals surface area contributed by atoms with E-state index in [9.17, 15) is 13.2 Å². The minimum Gasteiger partial charge on any atom is -0.454 e. The average molecular weight is 382 g/mol. The smallest absolute Gasteiger partial charge is 0.231 e. The first-order valence-electron chi connectivity index (χ1n) is 8.88. The number of sulfonamides is 1. The first kappa shape index (κ1) is 19.0. The van der Waals surface area contributed by atoms with E-state index in [2.05, 4.69) is 10.0 Å². The number of ether oxygens (including phenoxy) is 2. The van der Waals surface area contributed by atoms with Gasteiger partial charge in [-0.1, -0.05) is 0 Å². The van der Waals surface area contributed by atoms with Crippen molar-refractivity contribution >= 4 is 21.6 Å². The molecule has 1 heterocycles. The molecule has 1 aliphatic carbocycles. The van der Waals surface area contributed by atoms with Crippen LogP contribution in [0.2, 0.25) is 0 Å². The van der Waals surface area contributed by atoms with E-state index in [0.717, 1.165) is 0 Å². The van der Waals surface area contributed by atoms with Gasteiger partial charge >= 0.3 is 0 Å². The van der Waals surface area contributed by atoms with Crippen LogP contribution in [-0.2, 0) is 14.8 Å². The summed E-state index contributed by atoms with van der Waals surface area (Å²) in [5, 5.41) is 2.92. The Hall–Kier alpha value is -1.80. The van der Waals surface area contributed by atoms with Gasteiger partial charge in [0.05, 0.1) is 4.75 Å². The monoisotopic (exact) mass is 382 g/mol. The second-order valence-electron chi connectivity index (χ2n) is 7.84. The highest BCUT2D eigenvalue weighted by Crippen LogP contribution is 2.35. The summed E-state index contributed by atoms with van der Waals surface area (Å²) in [5.41, 5.74) is 0.676. The van der Waals surface area contributed by atoms with E-state index in [-0.39, 0.29) is 24.7 Å². The van der Waals surface area contributed by atoms with Crippen molar-refractivity contribution < 1.29 is 22.7 Å². The molecule has 0 saturated heterocycles. The summed E-state index contributed by atoms with van der Waals surface area (Å²) >= 11 is 0. The standard InChI is InChI=1S/C18H26N2O5S/c1-18(2,3)26(22,23)20-13-6-4-12(5-7-13)17(21)19-14-8-9-15-16(10-14)25-11-24-15/h8-10,12-13,20H,4-7,11H2,1-3H3,(H,19,21)/t12-,13-. The van der Waals surface area contributed by atoms with E-state index in [4.69, 9.17) is 9.47 Å². The van der Waals surface area contributed by atoms with Crippen LogP contribution < -0.4 is 19.5 Å². The predicted molar refractivity (Wildman–Crippen MR) is 98.7 cm³/mol. The van der Waals surface area contributed by atoms with Crippen LogP contribution in [0.25, 0.3) is 0 Å². The molecule has 1 aliphatic heterocycles. The van der Waals surface area contributed by atoms with Gasteiger partial charge in [-0.05, 0) is 58.6 Å². The molecule has 1 aromatic rings. The normalized spacial score (nSPS) is 22.9. The lowest BCUT2D eigenvalue weighted by molar-refractivity contribution is -0.120. The van der Waals surface area contributed by atoms with Gasteiger partial charge in [0, 0.05) is 23.7 Å². The Balaban J connectivity index is 1.52. The fourth-order valence-corrected chi connectivity index (χ4v) is 4.12. The highest BCUT2D eigenvalue weighted by Gasteiger charge is 2.34. The van der Waals surface area contributed by atoms with Gasteiger partial charge < -0.3 is 14.8 Å². The molecule has 0 bridgehead atoms.